The number of hydrogen-bond donors (Lipinski definition) is 0. The standard InChI is InChI=1S/C13H21N/c1-8(14-3)13(2)5-4-10-11-6-9(7-13)12(10)11/h8-12H,3-7H2,1-2H3/t8-,9?,10?,11?,12?,13?/m0/s1. The molecule has 3 aliphatic rings. The molecule has 5 unspecified atom stereocenters. The zero-order valence-corrected chi connectivity index (χ0v) is 9.37. The first-order valence-corrected chi connectivity index (χ1v) is 6.11. The molecular formula is C13H21N. The van der Waals surface area contributed by atoms with Crippen molar-refractivity contribution in [2.24, 2.45) is 34.1 Å². The Morgan fingerprint density at radius 1 is 1.43 bits per heavy atom. The Labute approximate surface area is 87.0 Å². The molecule has 14 heavy (non-hydrogen) atoms. The smallest absolute Gasteiger partial charge is 0.0517 e. The van der Waals surface area contributed by atoms with E-state index in [2.05, 4.69) is 25.6 Å². The van der Waals surface area contributed by atoms with Crippen LogP contribution in [0.3, 0.4) is 0 Å². The summed E-state index contributed by atoms with van der Waals surface area (Å²) in [5, 5.41) is 0. The maximum atomic E-state index is 4.27. The van der Waals surface area contributed by atoms with Crippen LogP contribution in [0.1, 0.15) is 39.5 Å². The van der Waals surface area contributed by atoms with E-state index in [1.54, 1.807) is 0 Å². The molecule has 3 rings (SSSR count). The minimum absolute atomic E-state index is 0.457. The molecule has 3 saturated carbocycles. The fourth-order valence-corrected chi connectivity index (χ4v) is 4.24. The topological polar surface area (TPSA) is 12.4 Å². The summed E-state index contributed by atoms with van der Waals surface area (Å²) < 4.78 is 0. The molecule has 1 heteroatoms. The third-order valence-electron chi connectivity index (χ3n) is 5.58. The van der Waals surface area contributed by atoms with E-state index >= 15 is 0 Å². The van der Waals surface area contributed by atoms with Gasteiger partial charge in [0.2, 0.25) is 0 Å². The number of hydrogen-bond acceptors (Lipinski definition) is 1. The zero-order chi connectivity index (χ0) is 9.92. The van der Waals surface area contributed by atoms with E-state index in [1.807, 2.05) is 0 Å². The maximum absolute atomic E-state index is 4.27. The lowest BCUT2D eigenvalue weighted by molar-refractivity contribution is 0.134. The van der Waals surface area contributed by atoms with E-state index in [0.29, 0.717) is 11.5 Å². The van der Waals surface area contributed by atoms with Crippen LogP contribution in [0.25, 0.3) is 0 Å². The molecule has 0 aromatic rings. The molecule has 0 amide bonds. The van der Waals surface area contributed by atoms with Crippen LogP contribution < -0.4 is 0 Å². The van der Waals surface area contributed by atoms with Crippen LogP contribution >= 0.6 is 0 Å². The van der Waals surface area contributed by atoms with Gasteiger partial charge in [0.25, 0.3) is 0 Å². The number of nitrogens with zero attached hydrogens (tertiary/aromatic N) is 1. The van der Waals surface area contributed by atoms with Crippen LogP contribution in [0.2, 0.25) is 0 Å². The third-order valence-corrected chi connectivity index (χ3v) is 5.58. The highest BCUT2D eigenvalue weighted by atomic mass is 14.8. The van der Waals surface area contributed by atoms with Gasteiger partial charge in [-0.3, -0.25) is 4.99 Å². The lowest BCUT2D eigenvalue weighted by atomic mass is 9.68. The predicted octanol–water partition coefficient (Wildman–Crippen LogP) is 3.15. The fourth-order valence-electron chi connectivity index (χ4n) is 4.24. The van der Waals surface area contributed by atoms with Gasteiger partial charge >= 0.3 is 0 Å². The minimum atomic E-state index is 0.457. The van der Waals surface area contributed by atoms with Gasteiger partial charge in [0, 0.05) is 0 Å². The molecule has 0 aliphatic heterocycles. The Morgan fingerprint density at radius 3 is 2.93 bits per heavy atom. The van der Waals surface area contributed by atoms with Crippen molar-refractivity contribution in [1.82, 2.24) is 0 Å². The van der Waals surface area contributed by atoms with Gasteiger partial charge in [-0.25, -0.2) is 0 Å². The van der Waals surface area contributed by atoms with Gasteiger partial charge in [0.05, 0.1) is 6.04 Å². The zero-order valence-electron chi connectivity index (χ0n) is 9.37. The summed E-state index contributed by atoms with van der Waals surface area (Å²) in [6, 6.07) is 0.457. The fraction of sp³-hybridized carbons (Fsp3) is 0.923. The van der Waals surface area contributed by atoms with Gasteiger partial charge in [-0.2, -0.15) is 0 Å². The second-order valence-electron chi connectivity index (χ2n) is 6.16. The molecule has 3 fully saturated rings. The summed E-state index contributed by atoms with van der Waals surface area (Å²) in [7, 11) is 0. The minimum Gasteiger partial charge on any atom is -0.297 e. The summed E-state index contributed by atoms with van der Waals surface area (Å²) in [6.07, 6.45) is 5.82. The van der Waals surface area contributed by atoms with E-state index in [1.165, 1.54) is 25.7 Å². The monoisotopic (exact) mass is 191 g/mol. The van der Waals surface area contributed by atoms with E-state index in [-0.39, 0.29) is 0 Å². The maximum Gasteiger partial charge on any atom is 0.0517 e. The summed E-state index contributed by atoms with van der Waals surface area (Å²) >= 11 is 0. The van der Waals surface area contributed by atoms with Crippen LogP contribution in [-0.2, 0) is 0 Å². The second-order valence-corrected chi connectivity index (χ2v) is 6.16. The van der Waals surface area contributed by atoms with Crippen molar-refractivity contribution in [1.29, 1.82) is 0 Å². The average molecular weight is 191 g/mol. The Bertz CT molecular complexity index is 268. The lowest BCUT2D eigenvalue weighted by Crippen LogP contribution is -2.33. The molecule has 0 spiro atoms. The van der Waals surface area contributed by atoms with Gasteiger partial charge < -0.3 is 0 Å². The molecule has 0 saturated heterocycles. The first kappa shape index (κ1) is 8.94. The predicted molar refractivity (Wildman–Crippen MR) is 59.5 cm³/mol. The Kier molecular flexibility index (Phi) is 1.67. The Hall–Kier alpha value is -0.330. The van der Waals surface area contributed by atoms with E-state index in [4.69, 9.17) is 0 Å². The lowest BCUT2D eigenvalue weighted by Gasteiger charge is -2.39. The molecule has 0 radical (unpaired) electrons. The molecule has 0 N–H and O–H groups in total. The highest BCUT2D eigenvalue weighted by Gasteiger charge is 2.64. The second kappa shape index (κ2) is 2.62. The summed E-state index contributed by atoms with van der Waals surface area (Å²) in [5.74, 6) is 4.49. The summed E-state index contributed by atoms with van der Waals surface area (Å²) in [5.41, 5.74) is 0.463. The van der Waals surface area contributed by atoms with Crippen molar-refractivity contribution < 1.29 is 0 Å². The molecule has 78 valence electrons. The van der Waals surface area contributed by atoms with E-state index in [9.17, 15) is 0 Å². The van der Waals surface area contributed by atoms with Crippen molar-refractivity contribution >= 4 is 6.72 Å². The molecule has 3 aliphatic carbocycles. The van der Waals surface area contributed by atoms with Gasteiger partial charge in [0.1, 0.15) is 0 Å². The van der Waals surface area contributed by atoms with Crippen molar-refractivity contribution in [3.63, 3.8) is 0 Å². The third kappa shape index (κ3) is 0.988. The summed E-state index contributed by atoms with van der Waals surface area (Å²) in [4.78, 5) is 4.27. The van der Waals surface area contributed by atoms with Crippen LogP contribution in [0.4, 0.5) is 0 Å². The number of fused-ring (bicyclic) bond motifs is 1. The Morgan fingerprint density at radius 2 is 2.21 bits per heavy atom. The van der Waals surface area contributed by atoms with Gasteiger partial charge in [-0.15, -0.1) is 0 Å². The molecule has 6 atom stereocenters. The largest absolute Gasteiger partial charge is 0.297 e. The average Bonchev–Trinajstić information content (AvgIpc) is 2.75. The molecule has 0 heterocycles. The van der Waals surface area contributed by atoms with Crippen LogP contribution in [0.15, 0.2) is 4.99 Å². The molecular weight excluding hydrogens is 170 g/mol. The van der Waals surface area contributed by atoms with Gasteiger partial charge in [-0.1, -0.05) is 6.92 Å². The van der Waals surface area contributed by atoms with E-state index < -0.39 is 0 Å². The molecule has 0 aromatic carbocycles. The highest BCUT2D eigenvalue weighted by Crippen LogP contribution is 2.71. The van der Waals surface area contributed by atoms with Crippen molar-refractivity contribution in [2.45, 2.75) is 45.6 Å². The highest BCUT2D eigenvalue weighted by molar-refractivity contribution is 5.25. The van der Waals surface area contributed by atoms with Crippen LogP contribution in [0, 0.1) is 29.1 Å². The molecule has 1 nitrogen and oxygen atoms in total. The molecule has 0 bridgehead atoms. The summed E-state index contributed by atoms with van der Waals surface area (Å²) in [6.45, 7) is 8.41. The van der Waals surface area contributed by atoms with E-state index in [0.717, 1.165) is 23.7 Å². The SMILES string of the molecule is C=N[C@@H](C)C1(C)CCC2C3CC(C1)C23. The van der Waals surface area contributed by atoms with Crippen molar-refractivity contribution in [3.8, 4) is 0 Å². The van der Waals surface area contributed by atoms with Crippen molar-refractivity contribution in [2.75, 3.05) is 0 Å². The normalized spacial score (nSPS) is 56.4. The van der Waals surface area contributed by atoms with Crippen molar-refractivity contribution in [3.05, 3.63) is 0 Å². The van der Waals surface area contributed by atoms with Crippen LogP contribution in [0.5, 0.6) is 0 Å². The van der Waals surface area contributed by atoms with Gasteiger partial charge in [-0.05, 0) is 68.4 Å². The quantitative estimate of drug-likeness (QED) is 0.595. The van der Waals surface area contributed by atoms with Gasteiger partial charge in [0.15, 0.2) is 0 Å². The first-order valence-electron chi connectivity index (χ1n) is 6.11. The number of rotatable bonds is 2. The molecule has 0 aromatic heterocycles. The first-order chi connectivity index (χ1) is 6.65. The number of aliphatic imine (C=N–C) groups is 1. The Balaban J connectivity index is 1.78. The van der Waals surface area contributed by atoms with Crippen LogP contribution in [-0.4, -0.2) is 12.8 Å².